The lowest BCUT2D eigenvalue weighted by Crippen LogP contribution is -2.09. The predicted molar refractivity (Wildman–Crippen MR) is 102 cm³/mol. The standard InChI is InChI=1S/C19H15ClN6O2/c1-12-18(20)13(2)26(22-12)16-5-3-14(4-6-16)19(27)28-17-9-7-15(8-10-17)25-11-21-23-24-25/h3-11H,1-2H3. The molecular weight excluding hydrogens is 380 g/mol. The van der Waals surface area contributed by atoms with Crippen molar-refractivity contribution in [3.05, 3.63) is 76.8 Å². The fourth-order valence-corrected chi connectivity index (χ4v) is 2.84. The van der Waals surface area contributed by atoms with Gasteiger partial charge in [0.1, 0.15) is 12.1 Å². The lowest BCUT2D eigenvalue weighted by molar-refractivity contribution is 0.0735. The molecule has 8 nitrogen and oxygen atoms in total. The molecule has 0 unspecified atom stereocenters. The number of hydrogen-bond acceptors (Lipinski definition) is 6. The fraction of sp³-hybridized carbons (Fsp3) is 0.105. The molecule has 0 N–H and O–H groups in total. The van der Waals surface area contributed by atoms with E-state index in [1.807, 2.05) is 13.8 Å². The second-order valence-electron chi connectivity index (χ2n) is 6.08. The van der Waals surface area contributed by atoms with Crippen LogP contribution in [0.2, 0.25) is 5.02 Å². The molecule has 2 aromatic heterocycles. The highest BCUT2D eigenvalue weighted by molar-refractivity contribution is 6.31. The van der Waals surface area contributed by atoms with E-state index >= 15 is 0 Å². The number of esters is 1. The Kier molecular flexibility index (Phi) is 4.62. The van der Waals surface area contributed by atoms with Gasteiger partial charge in [-0.05, 0) is 72.8 Å². The van der Waals surface area contributed by atoms with Gasteiger partial charge in [-0.3, -0.25) is 0 Å². The molecular formula is C19H15ClN6O2. The molecule has 9 heteroatoms. The van der Waals surface area contributed by atoms with Crippen molar-refractivity contribution >= 4 is 17.6 Å². The van der Waals surface area contributed by atoms with Crippen molar-refractivity contribution in [2.45, 2.75) is 13.8 Å². The molecule has 0 aliphatic heterocycles. The third-order valence-electron chi connectivity index (χ3n) is 4.21. The van der Waals surface area contributed by atoms with Crippen LogP contribution in [-0.4, -0.2) is 36.0 Å². The van der Waals surface area contributed by atoms with Crippen LogP contribution >= 0.6 is 11.6 Å². The van der Waals surface area contributed by atoms with Gasteiger partial charge in [0.2, 0.25) is 0 Å². The van der Waals surface area contributed by atoms with Gasteiger partial charge < -0.3 is 4.74 Å². The maximum atomic E-state index is 12.4. The second kappa shape index (κ2) is 7.24. The summed E-state index contributed by atoms with van der Waals surface area (Å²) in [4.78, 5) is 12.4. The van der Waals surface area contributed by atoms with E-state index in [1.165, 1.54) is 11.0 Å². The van der Waals surface area contributed by atoms with Crippen LogP contribution in [0.1, 0.15) is 21.7 Å². The summed E-state index contributed by atoms with van der Waals surface area (Å²) in [7, 11) is 0. The molecule has 0 aliphatic carbocycles. The van der Waals surface area contributed by atoms with Crippen LogP contribution < -0.4 is 4.74 Å². The Labute approximate surface area is 165 Å². The van der Waals surface area contributed by atoms with Gasteiger partial charge in [-0.1, -0.05) is 11.6 Å². The van der Waals surface area contributed by atoms with Crippen molar-refractivity contribution in [3.8, 4) is 17.1 Å². The zero-order valence-corrected chi connectivity index (χ0v) is 15.8. The van der Waals surface area contributed by atoms with Crippen LogP contribution in [0, 0.1) is 13.8 Å². The number of benzene rings is 2. The van der Waals surface area contributed by atoms with E-state index in [0.717, 1.165) is 22.8 Å². The van der Waals surface area contributed by atoms with Crippen LogP contribution in [0.5, 0.6) is 5.75 Å². The van der Waals surface area contributed by atoms with E-state index in [0.29, 0.717) is 16.3 Å². The zero-order valence-electron chi connectivity index (χ0n) is 15.1. The first-order valence-corrected chi connectivity index (χ1v) is 8.78. The van der Waals surface area contributed by atoms with Crippen LogP contribution in [0.4, 0.5) is 0 Å². The largest absolute Gasteiger partial charge is 0.423 e. The van der Waals surface area contributed by atoms with E-state index in [4.69, 9.17) is 16.3 Å². The first kappa shape index (κ1) is 17.9. The van der Waals surface area contributed by atoms with Crippen LogP contribution in [-0.2, 0) is 0 Å². The predicted octanol–water partition coefficient (Wildman–Crippen LogP) is 3.34. The number of halogens is 1. The minimum Gasteiger partial charge on any atom is -0.423 e. The molecule has 0 atom stereocenters. The number of aryl methyl sites for hydroxylation is 1. The summed E-state index contributed by atoms with van der Waals surface area (Å²) in [6, 6.07) is 13.9. The van der Waals surface area contributed by atoms with Gasteiger partial charge in [0, 0.05) is 0 Å². The van der Waals surface area contributed by atoms with Gasteiger partial charge in [0.25, 0.3) is 0 Å². The molecule has 0 aliphatic rings. The molecule has 0 saturated carbocycles. The molecule has 2 aromatic carbocycles. The van der Waals surface area contributed by atoms with Crippen molar-refractivity contribution < 1.29 is 9.53 Å². The number of carbonyl (C=O) groups is 1. The molecule has 28 heavy (non-hydrogen) atoms. The molecule has 4 aromatic rings. The van der Waals surface area contributed by atoms with Gasteiger partial charge >= 0.3 is 5.97 Å². The highest BCUT2D eigenvalue weighted by Gasteiger charge is 2.13. The molecule has 0 amide bonds. The Morgan fingerprint density at radius 1 is 1.00 bits per heavy atom. The smallest absolute Gasteiger partial charge is 0.343 e. The van der Waals surface area contributed by atoms with Crippen LogP contribution in [0.15, 0.2) is 54.9 Å². The zero-order chi connectivity index (χ0) is 19.7. The van der Waals surface area contributed by atoms with Crippen LogP contribution in [0.25, 0.3) is 11.4 Å². The first-order chi connectivity index (χ1) is 13.5. The van der Waals surface area contributed by atoms with E-state index < -0.39 is 5.97 Å². The summed E-state index contributed by atoms with van der Waals surface area (Å²) >= 11 is 6.19. The summed E-state index contributed by atoms with van der Waals surface area (Å²) < 4.78 is 8.67. The van der Waals surface area contributed by atoms with Gasteiger partial charge in [0.15, 0.2) is 0 Å². The third kappa shape index (κ3) is 3.37. The van der Waals surface area contributed by atoms with Gasteiger partial charge in [-0.25, -0.2) is 14.2 Å². The lowest BCUT2D eigenvalue weighted by atomic mass is 10.2. The SMILES string of the molecule is Cc1nn(-c2ccc(C(=O)Oc3ccc(-n4cnnn4)cc3)cc2)c(C)c1Cl. The number of aromatic nitrogens is 6. The average Bonchev–Trinajstić information content (AvgIpc) is 3.34. The summed E-state index contributed by atoms with van der Waals surface area (Å²) in [5.74, 6) is -0.0237. The molecule has 0 bridgehead atoms. The number of tetrazole rings is 1. The summed E-state index contributed by atoms with van der Waals surface area (Å²) in [6.07, 6.45) is 1.48. The van der Waals surface area contributed by atoms with E-state index in [9.17, 15) is 4.79 Å². The second-order valence-corrected chi connectivity index (χ2v) is 6.46. The molecule has 140 valence electrons. The maximum absolute atomic E-state index is 12.4. The minimum absolute atomic E-state index is 0.427. The summed E-state index contributed by atoms with van der Waals surface area (Å²) in [5.41, 5.74) is 3.61. The van der Waals surface area contributed by atoms with E-state index in [-0.39, 0.29) is 0 Å². The maximum Gasteiger partial charge on any atom is 0.343 e. The molecule has 2 heterocycles. The number of carbonyl (C=O) groups excluding carboxylic acids is 1. The van der Waals surface area contributed by atoms with Gasteiger partial charge in [0.05, 0.1) is 33.3 Å². The summed E-state index contributed by atoms with van der Waals surface area (Å²) in [5, 5.41) is 16.0. The average molecular weight is 395 g/mol. The Hall–Kier alpha value is -3.52. The quantitative estimate of drug-likeness (QED) is 0.389. The number of ether oxygens (including phenoxy) is 1. The van der Waals surface area contributed by atoms with Crippen LogP contribution in [0.3, 0.4) is 0 Å². The fourth-order valence-electron chi connectivity index (χ4n) is 2.73. The van der Waals surface area contributed by atoms with E-state index in [2.05, 4.69) is 20.6 Å². The molecule has 4 rings (SSSR count). The Morgan fingerprint density at radius 2 is 1.68 bits per heavy atom. The Bertz CT molecular complexity index is 1120. The normalized spacial score (nSPS) is 10.8. The first-order valence-electron chi connectivity index (χ1n) is 8.40. The molecule has 0 spiro atoms. The lowest BCUT2D eigenvalue weighted by Gasteiger charge is -2.07. The monoisotopic (exact) mass is 394 g/mol. The number of hydrogen-bond donors (Lipinski definition) is 0. The number of nitrogens with zero attached hydrogens (tertiary/aromatic N) is 6. The molecule has 0 fully saturated rings. The highest BCUT2D eigenvalue weighted by atomic mass is 35.5. The third-order valence-corrected chi connectivity index (χ3v) is 4.76. The van der Waals surface area contributed by atoms with Crippen molar-refractivity contribution in [2.75, 3.05) is 0 Å². The van der Waals surface area contributed by atoms with Gasteiger partial charge in [-0.2, -0.15) is 5.10 Å². The highest BCUT2D eigenvalue weighted by Crippen LogP contribution is 2.23. The Morgan fingerprint density at radius 3 is 2.25 bits per heavy atom. The van der Waals surface area contributed by atoms with Crippen molar-refractivity contribution in [1.29, 1.82) is 0 Å². The molecule has 0 radical (unpaired) electrons. The Balaban J connectivity index is 1.48. The van der Waals surface area contributed by atoms with Gasteiger partial charge in [-0.15, -0.1) is 5.10 Å². The van der Waals surface area contributed by atoms with E-state index in [1.54, 1.807) is 53.2 Å². The van der Waals surface area contributed by atoms with Crippen molar-refractivity contribution in [3.63, 3.8) is 0 Å². The topological polar surface area (TPSA) is 87.7 Å². The van der Waals surface area contributed by atoms with Crippen molar-refractivity contribution in [2.24, 2.45) is 0 Å². The minimum atomic E-state index is -0.451. The molecule has 0 saturated heterocycles. The van der Waals surface area contributed by atoms with Crippen molar-refractivity contribution in [1.82, 2.24) is 30.0 Å². The summed E-state index contributed by atoms with van der Waals surface area (Å²) in [6.45, 7) is 3.74. The number of rotatable bonds is 4.